The van der Waals surface area contributed by atoms with Crippen LogP contribution in [0.2, 0.25) is 0 Å². The zero-order chi connectivity index (χ0) is 15.7. The second-order valence-electron chi connectivity index (χ2n) is 6.15. The molecule has 0 aliphatic heterocycles. The number of aliphatic hydroxyl groups excluding tert-OH is 1. The fourth-order valence-corrected chi connectivity index (χ4v) is 3.11. The lowest BCUT2D eigenvalue weighted by atomic mass is 10.3. The molecule has 130 valence electrons. The van der Waals surface area contributed by atoms with Gasteiger partial charge >= 0.3 is 5.97 Å². The molecule has 2 aliphatic carbocycles. The minimum atomic E-state index is -1.65. The maximum absolute atomic E-state index is 10.7. The Morgan fingerprint density at radius 2 is 1.27 bits per heavy atom. The molecule has 0 heterocycles. The van der Waals surface area contributed by atoms with Gasteiger partial charge in [-0.15, -0.1) is 0 Å². The number of rotatable bonds is 11. The molecule has 2 N–H and O–H groups in total. The van der Waals surface area contributed by atoms with Gasteiger partial charge in [-0.05, 0) is 25.7 Å². The SMILES string of the molecule is OCCOCCOCC(O)(OC1CCCC1)OC1CCCC1. The first-order valence-electron chi connectivity index (χ1n) is 8.56. The normalized spacial score (nSPS) is 21.0. The quantitative estimate of drug-likeness (QED) is 0.445. The third-order valence-corrected chi connectivity index (χ3v) is 4.20. The van der Waals surface area contributed by atoms with Crippen molar-refractivity contribution in [2.45, 2.75) is 69.5 Å². The molecule has 0 aromatic heterocycles. The number of hydrogen-bond acceptors (Lipinski definition) is 6. The Hall–Kier alpha value is -0.240. The van der Waals surface area contributed by atoms with Gasteiger partial charge in [0, 0.05) is 0 Å². The summed E-state index contributed by atoms with van der Waals surface area (Å²) in [7, 11) is 0. The molecule has 0 atom stereocenters. The highest BCUT2D eigenvalue weighted by Gasteiger charge is 2.37. The van der Waals surface area contributed by atoms with Gasteiger partial charge in [0.1, 0.15) is 6.61 Å². The molecule has 0 radical (unpaired) electrons. The Bertz CT molecular complexity index is 268. The van der Waals surface area contributed by atoms with Crippen molar-refractivity contribution in [1.29, 1.82) is 0 Å². The van der Waals surface area contributed by atoms with Crippen molar-refractivity contribution in [1.82, 2.24) is 0 Å². The van der Waals surface area contributed by atoms with Crippen LogP contribution in [0, 0.1) is 0 Å². The number of ether oxygens (including phenoxy) is 4. The molecule has 2 aliphatic rings. The summed E-state index contributed by atoms with van der Waals surface area (Å²) in [6.45, 7) is 1.00. The van der Waals surface area contributed by atoms with Gasteiger partial charge < -0.3 is 29.2 Å². The Morgan fingerprint density at radius 3 is 1.77 bits per heavy atom. The molecule has 0 saturated heterocycles. The molecule has 2 rings (SSSR count). The molecule has 2 fully saturated rings. The van der Waals surface area contributed by atoms with Crippen LogP contribution in [0.1, 0.15) is 51.4 Å². The van der Waals surface area contributed by atoms with E-state index in [1.54, 1.807) is 0 Å². The molecule has 0 amide bonds. The molecule has 0 spiro atoms. The van der Waals surface area contributed by atoms with Gasteiger partial charge in [-0.3, -0.25) is 0 Å². The Labute approximate surface area is 132 Å². The average molecular weight is 318 g/mol. The van der Waals surface area contributed by atoms with Crippen LogP contribution in [0.25, 0.3) is 0 Å². The summed E-state index contributed by atoms with van der Waals surface area (Å²) >= 11 is 0. The van der Waals surface area contributed by atoms with Crippen molar-refractivity contribution in [2.24, 2.45) is 0 Å². The van der Waals surface area contributed by atoms with E-state index in [2.05, 4.69) is 0 Å². The minimum Gasteiger partial charge on any atom is -0.394 e. The molecule has 6 nitrogen and oxygen atoms in total. The first kappa shape index (κ1) is 18.1. The lowest BCUT2D eigenvalue weighted by Crippen LogP contribution is -2.45. The second kappa shape index (κ2) is 9.80. The van der Waals surface area contributed by atoms with E-state index in [1.165, 1.54) is 0 Å². The lowest BCUT2D eigenvalue weighted by molar-refractivity contribution is -0.400. The maximum Gasteiger partial charge on any atom is 0.305 e. The maximum atomic E-state index is 10.7. The summed E-state index contributed by atoms with van der Waals surface area (Å²) in [5, 5.41) is 19.3. The van der Waals surface area contributed by atoms with Crippen LogP contribution in [0.3, 0.4) is 0 Å². The van der Waals surface area contributed by atoms with E-state index in [0.717, 1.165) is 51.4 Å². The summed E-state index contributed by atoms with van der Waals surface area (Å²) in [5.41, 5.74) is 0. The molecule has 0 aromatic carbocycles. The smallest absolute Gasteiger partial charge is 0.305 e. The molecule has 6 heteroatoms. The van der Waals surface area contributed by atoms with Crippen molar-refractivity contribution in [2.75, 3.05) is 33.0 Å². The Kier molecular flexibility index (Phi) is 8.06. The predicted molar refractivity (Wildman–Crippen MR) is 80.4 cm³/mol. The highest BCUT2D eigenvalue weighted by Crippen LogP contribution is 2.30. The minimum absolute atomic E-state index is 0.000476. The number of aliphatic hydroxyl groups is 2. The first-order chi connectivity index (χ1) is 10.7. The molecule has 2 saturated carbocycles. The van der Waals surface area contributed by atoms with Crippen LogP contribution in [-0.2, 0) is 18.9 Å². The predicted octanol–water partition coefficient (Wildman–Crippen LogP) is 1.58. The van der Waals surface area contributed by atoms with E-state index in [4.69, 9.17) is 24.1 Å². The van der Waals surface area contributed by atoms with Crippen molar-refractivity contribution in [3.8, 4) is 0 Å². The van der Waals surface area contributed by atoms with E-state index < -0.39 is 5.97 Å². The van der Waals surface area contributed by atoms with E-state index in [-0.39, 0.29) is 25.4 Å². The number of hydrogen-bond donors (Lipinski definition) is 2. The second-order valence-corrected chi connectivity index (χ2v) is 6.15. The average Bonchev–Trinajstić information content (AvgIpc) is 3.16. The van der Waals surface area contributed by atoms with E-state index >= 15 is 0 Å². The molecular formula is C16H30O6. The molecule has 0 unspecified atom stereocenters. The topological polar surface area (TPSA) is 77.4 Å². The third-order valence-electron chi connectivity index (χ3n) is 4.20. The zero-order valence-electron chi connectivity index (χ0n) is 13.4. The van der Waals surface area contributed by atoms with E-state index in [0.29, 0.717) is 19.8 Å². The fourth-order valence-electron chi connectivity index (χ4n) is 3.11. The van der Waals surface area contributed by atoms with Gasteiger partial charge in [-0.1, -0.05) is 25.7 Å². The van der Waals surface area contributed by atoms with Gasteiger partial charge in [-0.2, -0.15) is 0 Å². The van der Waals surface area contributed by atoms with Crippen LogP contribution in [-0.4, -0.2) is 61.4 Å². The molecule has 0 aromatic rings. The summed E-state index contributed by atoms with van der Waals surface area (Å²) in [6.07, 6.45) is 8.54. The summed E-state index contributed by atoms with van der Waals surface area (Å²) in [5.74, 6) is -1.65. The van der Waals surface area contributed by atoms with Gasteiger partial charge in [0.25, 0.3) is 0 Å². The zero-order valence-corrected chi connectivity index (χ0v) is 13.4. The van der Waals surface area contributed by atoms with E-state index in [9.17, 15) is 5.11 Å². The van der Waals surface area contributed by atoms with E-state index in [1.807, 2.05) is 0 Å². The fraction of sp³-hybridized carbons (Fsp3) is 1.00. The lowest BCUT2D eigenvalue weighted by Gasteiger charge is -2.33. The summed E-state index contributed by atoms with van der Waals surface area (Å²) < 4.78 is 22.2. The Morgan fingerprint density at radius 1 is 0.773 bits per heavy atom. The summed E-state index contributed by atoms with van der Waals surface area (Å²) in [6, 6.07) is 0. The van der Waals surface area contributed by atoms with Crippen LogP contribution in [0.4, 0.5) is 0 Å². The molecule has 22 heavy (non-hydrogen) atoms. The monoisotopic (exact) mass is 318 g/mol. The largest absolute Gasteiger partial charge is 0.394 e. The third kappa shape index (κ3) is 6.48. The van der Waals surface area contributed by atoms with Crippen molar-refractivity contribution >= 4 is 0 Å². The van der Waals surface area contributed by atoms with Crippen LogP contribution in [0.15, 0.2) is 0 Å². The van der Waals surface area contributed by atoms with Crippen LogP contribution in [0.5, 0.6) is 0 Å². The standard InChI is InChI=1S/C16H30O6/c17-9-10-19-11-12-20-13-16(18,21-14-5-1-2-6-14)22-15-7-3-4-8-15/h14-15,17-18H,1-13H2. The van der Waals surface area contributed by atoms with Gasteiger partial charge in [-0.25, -0.2) is 0 Å². The van der Waals surface area contributed by atoms with Crippen molar-refractivity contribution in [3.05, 3.63) is 0 Å². The van der Waals surface area contributed by atoms with Crippen LogP contribution >= 0.6 is 0 Å². The van der Waals surface area contributed by atoms with Gasteiger partial charge in [0.05, 0.1) is 38.6 Å². The highest BCUT2D eigenvalue weighted by molar-refractivity contribution is 4.73. The highest BCUT2D eigenvalue weighted by atomic mass is 16.8. The van der Waals surface area contributed by atoms with Crippen molar-refractivity contribution in [3.63, 3.8) is 0 Å². The van der Waals surface area contributed by atoms with Gasteiger partial charge in [0.15, 0.2) is 0 Å². The van der Waals surface area contributed by atoms with Crippen molar-refractivity contribution < 1.29 is 29.2 Å². The van der Waals surface area contributed by atoms with Gasteiger partial charge in [0.2, 0.25) is 0 Å². The first-order valence-corrected chi connectivity index (χ1v) is 8.56. The molecule has 0 bridgehead atoms. The summed E-state index contributed by atoms with van der Waals surface area (Å²) in [4.78, 5) is 0. The molecular weight excluding hydrogens is 288 g/mol. The van der Waals surface area contributed by atoms with Crippen LogP contribution < -0.4 is 0 Å². The Balaban J connectivity index is 1.74.